The molecule has 0 aromatic heterocycles. The van der Waals surface area contributed by atoms with Crippen molar-refractivity contribution in [1.29, 1.82) is 0 Å². The van der Waals surface area contributed by atoms with Crippen molar-refractivity contribution in [1.82, 2.24) is 0 Å². The molecule has 1 saturated heterocycles. The number of nitrogens with zero attached hydrogens (tertiary/aromatic N) is 1. The number of halogens is 2. The van der Waals surface area contributed by atoms with Gasteiger partial charge in [-0.05, 0) is 49.2 Å². The molecule has 3 rings (SSSR count). The first-order valence-corrected chi connectivity index (χ1v) is 9.72. The number of nitrogens with one attached hydrogen (secondary N) is 1. The van der Waals surface area contributed by atoms with E-state index in [-0.39, 0.29) is 12.4 Å². The van der Waals surface area contributed by atoms with Crippen molar-refractivity contribution in [2.45, 2.75) is 20.0 Å². The summed E-state index contributed by atoms with van der Waals surface area (Å²) in [5, 5.41) is 11.1. The smallest absolute Gasteiger partial charge is 0.146 e. The van der Waals surface area contributed by atoms with Gasteiger partial charge in [-0.15, -0.1) is 0 Å². The van der Waals surface area contributed by atoms with Crippen LogP contribution >= 0.6 is 11.6 Å². The molecule has 0 unspecified atom stereocenters. The van der Waals surface area contributed by atoms with Crippen molar-refractivity contribution in [3.63, 3.8) is 0 Å². The Labute approximate surface area is 165 Å². The highest BCUT2D eigenvalue weighted by Crippen LogP contribution is 2.25. The monoisotopic (exact) mass is 393 g/mol. The van der Waals surface area contributed by atoms with Crippen molar-refractivity contribution in [2.75, 3.05) is 44.2 Å². The molecule has 2 N–H and O–H groups in total. The van der Waals surface area contributed by atoms with Crippen LogP contribution in [0.15, 0.2) is 36.4 Å². The van der Waals surface area contributed by atoms with Gasteiger partial charge < -0.3 is 19.6 Å². The van der Waals surface area contributed by atoms with Gasteiger partial charge in [0.2, 0.25) is 0 Å². The van der Waals surface area contributed by atoms with Gasteiger partial charge in [0.25, 0.3) is 0 Å². The average molecular weight is 394 g/mol. The van der Waals surface area contributed by atoms with E-state index in [2.05, 4.69) is 4.90 Å². The van der Waals surface area contributed by atoms with Crippen LogP contribution in [0.25, 0.3) is 0 Å². The predicted octanol–water partition coefficient (Wildman–Crippen LogP) is 2.24. The first-order valence-electron chi connectivity index (χ1n) is 9.34. The van der Waals surface area contributed by atoms with Gasteiger partial charge >= 0.3 is 0 Å². The zero-order valence-corrected chi connectivity index (χ0v) is 16.6. The summed E-state index contributed by atoms with van der Waals surface area (Å²) in [7, 11) is 0. The highest BCUT2D eigenvalue weighted by Gasteiger charge is 2.24. The number of ether oxygens (including phenoxy) is 1. The quantitative estimate of drug-likeness (QED) is 0.790. The van der Waals surface area contributed by atoms with E-state index in [9.17, 15) is 9.50 Å². The van der Waals surface area contributed by atoms with Crippen LogP contribution in [0.4, 0.5) is 10.1 Å². The minimum Gasteiger partial charge on any atom is -0.491 e. The number of hydrogen-bond donors (Lipinski definition) is 2. The summed E-state index contributed by atoms with van der Waals surface area (Å²) in [6, 6.07) is 10.7. The van der Waals surface area contributed by atoms with E-state index in [0.717, 1.165) is 48.1 Å². The van der Waals surface area contributed by atoms with Gasteiger partial charge in [0.05, 0.1) is 31.9 Å². The maximum absolute atomic E-state index is 13.9. The van der Waals surface area contributed by atoms with Crippen LogP contribution in [-0.2, 0) is 0 Å². The number of piperazine rings is 1. The lowest BCUT2D eigenvalue weighted by Gasteiger charge is -2.34. The second-order valence-corrected chi connectivity index (χ2v) is 7.61. The Morgan fingerprint density at radius 1 is 1.19 bits per heavy atom. The van der Waals surface area contributed by atoms with Crippen molar-refractivity contribution >= 4 is 17.3 Å². The van der Waals surface area contributed by atoms with Gasteiger partial charge in [-0.3, -0.25) is 0 Å². The van der Waals surface area contributed by atoms with E-state index in [1.54, 1.807) is 6.07 Å². The number of para-hydroxylation sites is 1. The lowest BCUT2D eigenvalue weighted by molar-refractivity contribution is -0.903. The van der Waals surface area contributed by atoms with Crippen LogP contribution < -0.4 is 14.5 Å². The van der Waals surface area contributed by atoms with Gasteiger partial charge in [0, 0.05) is 5.02 Å². The summed E-state index contributed by atoms with van der Waals surface area (Å²) in [5.41, 5.74) is 2.60. The Kier molecular flexibility index (Phi) is 6.58. The Hall–Kier alpha value is -1.82. The van der Waals surface area contributed by atoms with Gasteiger partial charge in [0.15, 0.2) is 0 Å². The zero-order chi connectivity index (χ0) is 19.4. The minimum atomic E-state index is -0.545. The fraction of sp³-hybridized carbons (Fsp3) is 0.429. The first kappa shape index (κ1) is 19.9. The molecule has 4 nitrogen and oxygen atoms in total. The summed E-state index contributed by atoms with van der Waals surface area (Å²) in [5.74, 6) is 0.552. The maximum atomic E-state index is 13.9. The SMILES string of the molecule is Cc1cc(OC[C@H](O)C[NH+]2CCN(c3ccccc3F)CC2)cc(C)c1Cl. The summed E-state index contributed by atoms with van der Waals surface area (Å²) in [4.78, 5) is 3.38. The van der Waals surface area contributed by atoms with Gasteiger partial charge in [0.1, 0.15) is 30.8 Å². The molecule has 0 spiro atoms. The number of aliphatic hydroxyl groups excluding tert-OH is 1. The molecule has 1 atom stereocenters. The number of aliphatic hydroxyl groups is 1. The Morgan fingerprint density at radius 2 is 1.81 bits per heavy atom. The largest absolute Gasteiger partial charge is 0.491 e. The number of aryl methyl sites for hydroxylation is 2. The van der Waals surface area contributed by atoms with E-state index in [1.165, 1.54) is 11.0 Å². The van der Waals surface area contributed by atoms with E-state index < -0.39 is 6.10 Å². The van der Waals surface area contributed by atoms with Crippen LogP contribution in [0.5, 0.6) is 5.75 Å². The molecule has 1 heterocycles. The predicted molar refractivity (Wildman–Crippen MR) is 107 cm³/mol. The normalized spacial score (nSPS) is 16.4. The standard InChI is InChI=1S/C21H26ClFN2O2/c1-15-11-18(12-16(2)21(15)22)27-14-17(26)13-24-7-9-25(10-8-24)20-6-4-3-5-19(20)23/h3-6,11-12,17,26H,7-10,13-14H2,1-2H3/p+1/t17-/m1/s1. The molecule has 1 aliphatic rings. The molecule has 27 heavy (non-hydrogen) atoms. The second-order valence-electron chi connectivity index (χ2n) is 7.23. The van der Waals surface area contributed by atoms with Crippen LogP contribution in [0, 0.1) is 19.7 Å². The van der Waals surface area contributed by atoms with Crippen LogP contribution in [0.1, 0.15) is 11.1 Å². The summed E-state index contributed by atoms with van der Waals surface area (Å²) in [6.45, 7) is 8.04. The number of hydrogen-bond acceptors (Lipinski definition) is 3. The van der Waals surface area contributed by atoms with Crippen molar-refractivity contribution in [3.8, 4) is 5.75 Å². The van der Waals surface area contributed by atoms with Crippen LogP contribution in [-0.4, -0.2) is 50.5 Å². The number of anilines is 1. The summed E-state index contributed by atoms with van der Waals surface area (Å²) < 4.78 is 19.7. The summed E-state index contributed by atoms with van der Waals surface area (Å²) >= 11 is 6.17. The number of quaternary nitrogens is 1. The fourth-order valence-electron chi connectivity index (χ4n) is 3.55. The van der Waals surface area contributed by atoms with Crippen molar-refractivity contribution < 1.29 is 19.1 Å². The van der Waals surface area contributed by atoms with E-state index in [4.69, 9.17) is 16.3 Å². The molecule has 0 aliphatic carbocycles. The lowest BCUT2D eigenvalue weighted by Crippen LogP contribution is -3.16. The van der Waals surface area contributed by atoms with Gasteiger partial charge in [-0.25, -0.2) is 4.39 Å². The third kappa shape index (κ3) is 5.12. The Morgan fingerprint density at radius 3 is 2.44 bits per heavy atom. The van der Waals surface area contributed by atoms with Crippen LogP contribution in [0.2, 0.25) is 5.02 Å². The Bertz CT molecular complexity index is 756. The molecule has 2 aromatic rings. The second kappa shape index (κ2) is 8.91. The number of benzene rings is 2. The fourth-order valence-corrected chi connectivity index (χ4v) is 3.66. The van der Waals surface area contributed by atoms with E-state index in [1.807, 2.05) is 38.1 Å². The van der Waals surface area contributed by atoms with Gasteiger partial charge in [-0.2, -0.15) is 0 Å². The third-order valence-electron chi connectivity index (χ3n) is 5.04. The highest BCUT2D eigenvalue weighted by atomic mass is 35.5. The molecule has 146 valence electrons. The molecular formula is C21H27ClFN2O2+. The van der Waals surface area contributed by atoms with E-state index in [0.29, 0.717) is 12.2 Å². The van der Waals surface area contributed by atoms with Crippen molar-refractivity contribution in [2.24, 2.45) is 0 Å². The highest BCUT2D eigenvalue weighted by molar-refractivity contribution is 6.32. The first-order chi connectivity index (χ1) is 12.9. The van der Waals surface area contributed by atoms with Gasteiger partial charge in [-0.1, -0.05) is 23.7 Å². The van der Waals surface area contributed by atoms with Crippen molar-refractivity contribution in [3.05, 3.63) is 58.4 Å². The molecule has 2 aromatic carbocycles. The molecular weight excluding hydrogens is 367 g/mol. The number of rotatable bonds is 6. The molecule has 0 saturated carbocycles. The maximum Gasteiger partial charge on any atom is 0.146 e. The lowest BCUT2D eigenvalue weighted by atomic mass is 10.1. The van der Waals surface area contributed by atoms with Crippen LogP contribution in [0.3, 0.4) is 0 Å². The molecule has 0 amide bonds. The molecule has 0 bridgehead atoms. The molecule has 0 radical (unpaired) electrons. The summed E-state index contributed by atoms with van der Waals surface area (Å²) in [6.07, 6.45) is -0.545. The topological polar surface area (TPSA) is 37.1 Å². The zero-order valence-electron chi connectivity index (χ0n) is 15.8. The Balaban J connectivity index is 1.46. The molecule has 1 fully saturated rings. The van der Waals surface area contributed by atoms with E-state index >= 15 is 0 Å². The average Bonchev–Trinajstić information content (AvgIpc) is 2.65. The molecule has 6 heteroatoms. The third-order valence-corrected chi connectivity index (χ3v) is 5.64. The minimum absolute atomic E-state index is 0.178. The molecule has 1 aliphatic heterocycles.